The molecule has 0 aromatic rings. The van der Waals surface area contributed by atoms with Crippen LogP contribution in [0.5, 0.6) is 0 Å². The molecule has 3 nitrogen and oxygen atoms in total. The fourth-order valence-electron chi connectivity index (χ4n) is 0.736. The number of carbonyl (C=O) groups is 1. The summed E-state index contributed by atoms with van der Waals surface area (Å²) in [6, 6.07) is -3.48. The lowest BCUT2D eigenvalue weighted by atomic mass is 10.3. The summed E-state index contributed by atoms with van der Waals surface area (Å²) >= 11 is 0. The van der Waals surface area contributed by atoms with Crippen LogP contribution in [0.25, 0.3) is 0 Å². The molecule has 0 rings (SSSR count). The molecule has 0 N–H and O–H groups in total. The van der Waals surface area contributed by atoms with Crippen molar-refractivity contribution in [3.8, 4) is 0 Å². The van der Waals surface area contributed by atoms with Crippen LogP contribution in [-0.2, 0) is 14.3 Å². The molecule has 0 fully saturated rings. The van der Waals surface area contributed by atoms with Crippen molar-refractivity contribution < 1.29 is 62.6 Å². The van der Waals surface area contributed by atoms with Gasteiger partial charge in [-0.2, -0.15) is 48.3 Å². The lowest BCUT2D eigenvalue weighted by molar-refractivity contribution is -0.400. The molecule has 138 valence electrons. The van der Waals surface area contributed by atoms with Crippen LogP contribution >= 0.6 is 0 Å². The van der Waals surface area contributed by atoms with Crippen molar-refractivity contribution in [3.63, 3.8) is 0 Å². The fraction of sp³-hybridized carbons (Fsp3) is 0.889. The molecule has 23 heavy (non-hydrogen) atoms. The molecule has 0 atom stereocenters. The van der Waals surface area contributed by atoms with Gasteiger partial charge < -0.3 is 9.47 Å². The smallest absolute Gasteiger partial charge is 0.309 e. The second-order valence-corrected chi connectivity index (χ2v) is 4.18. The first-order valence-electron chi connectivity index (χ1n) is 5.23. The molecule has 0 aromatic carbocycles. The van der Waals surface area contributed by atoms with E-state index in [2.05, 4.69) is 9.47 Å². The molecule has 0 aliphatic heterocycles. The normalized spacial score (nSPS) is 15.0. The number of carbonyl (C=O) groups excluding carboxylic acids is 1. The van der Waals surface area contributed by atoms with Gasteiger partial charge in [0.15, 0.2) is 0 Å². The number of hydrogen-bond donors (Lipinski definition) is 0. The van der Waals surface area contributed by atoms with Gasteiger partial charge >= 0.3 is 36.0 Å². The number of rotatable bonds is 9. The molecule has 0 unspecified atom stereocenters. The molecule has 0 saturated carbocycles. The standard InChI is InChI=1S/C9H7F11O3/c1-5(11,12)8(17,18)23-3-7(15,16)9(19,20)22-2-6(13,14)4(10)21/h2-3H2,1H3. The van der Waals surface area contributed by atoms with Crippen LogP contribution in [0.15, 0.2) is 0 Å². The summed E-state index contributed by atoms with van der Waals surface area (Å²) in [5.41, 5.74) is 0. The summed E-state index contributed by atoms with van der Waals surface area (Å²) in [4.78, 5) is 9.66. The molecule has 0 aliphatic rings. The Morgan fingerprint density at radius 3 is 1.52 bits per heavy atom. The van der Waals surface area contributed by atoms with Crippen molar-refractivity contribution >= 4 is 6.04 Å². The maximum atomic E-state index is 12.9. The van der Waals surface area contributed by atoms with E-state index >= 15 is 0 Å². The Balaban J connectivity index is 4.95. The van der Waals surface area contributed by atoms with Gasteiger partial charge in [0.2, 0.25) is 0 Å². The Kier molecular flexibility index (Phi) is 6.05. The summed E-state index contributed by atoms with van der Waals surface area (Å²) in [7, 11) is 0. The average Bonchev–Trinajstić information content (AvgIpc) is 2.32. The van der Waals surface area contributed by atoms with Gasteiger partial charge in [-0.25, -0.2) is 0 Å². The van der Waals surface area contributed by atoms with E-state index in [4.69, 9.17) is 0 Å². The van der Waals surface area contributed by atoms with Crippen molar-refractivity contribution in [3.05, 3.63) is 0 Å². The summed E-state index contributed by atoms with van der Waals surface area (Å²) < 4.78 is 143. The minimum atomic E-state index is -5.95. The predicted octanol–water partition coefficient (Wildman–Crippen LogP) is 3.63. The molecule has 0 aromatic heterocycles. The molecule has 14 heteroatoms. The van der Waals surface area contributed by atoms with E-state index in [1.54, 1.807) is 0 Å². The van der Waals surface area contributed by atoms with Crippen LogP contribution in [0.1, 0.15) is 6.92 Å². The molecule has 0 bridgehead atoms. The first kappa shape index (κ1) is 21.8. The monoisotopic (exact) mass is 372 g/mol. The fourth-order valence-corrected chi connectivity index (χ4v) is 0.736. The first-order valence-corrected chi connectivity index (χ1v) is 5.23. The zero-order chi connectivity index (χ0) is 18.9. The van der Waals surface area contributed by atoms with Crippen molar-refractivity contribution in [1.82, 2.24) is 0 Å². The van der Waals surface area contributed by atoms with E-state index in [1.807, 2.05) is 0 Å². The Morgan fingerprint density at radius 2 is 1.17 bits per heavy atom. The van der Waals surface area contributed by atoms with Gasteiger partial charge in [-0.3, -0.25) is 4.79 Å². The van der Waals surface area contributed by atoms with Gasteiger partial charge in [0.1, 0.15) is 13.2 Å². The lowest BCUT2D eigenvalue weighted by Gasteiger charge is -2.29. The number of ether oxygens (including phenoxy) is 2. The third kappa shape index (κ3) is 5.44. The van der Waals surface area contributed by atoms with Crippen molar-refractivity contribution in [2.45, 2.75) is 36.9 Å². The third-order valence-electron chi connectivity index (χ3n) is 2.09. The first-order chi connectivity index (χ1) is 9.86. The Hall–Kier alpha value is -1.18. The van der Waals surface area contributed by atoms with Gasteiger partial charge in [-0.1, -0.05) is 0 Å². The molecule has 0 amide bonds. The van der Waals surface area contributed by atoms with Gasteiger partial charge in [0.05, 0.1) is 0 Å². The Bertz CT molecular complexity index is 429. The molecule has 0 radical (unpaired) electrons. The highest BCUT2D eigenvalue weighted by Crippen LogP contribution is 2.40. The van der Waals surface area contributed by atoms with E-state index in [0.717, 1.165) is 0 Å². The quantitative estimate of drug-likeness (QED) is 0.458. The molecular weight excluding hydrogens is 365 g/mol. The van der Waals surface area contributed by atoms with E-state index in [9.17, 15) is 53.1 Å². The number of halogens is 11. The second-order valence-electron chi connectivity index (χ2n) is 4.18. The van der Waals surface area contributed by atoms with Crippen LogP contribution in [0.3, 0.4) is 0 Å². The predicted molar refractivity (Wildman–Crippen MR) is 48.4 cm³/mol. The largest absolute Gasteiger partial charge is 0.422 e. The minimum Gasteiger partial charge on any atom is -0.309 e. The summed E-state index contributed by atoms with van der Waals surface area (Å²) in [5.74, 6) is -16.0. The van der Waals surface area contributed by atoms with E-state index in [-0.39, 0.29) is 0 Å². The van der Waals surface area contributed by atoms with Gasteiger partial charge in [-0.05, 0) is 0 Å². The zero-order valence-electron chi connectivity index (χ0n) is 10.8. The minimum absolute atomic E-state index is 0.465. The van der Waals surface area contributed by atoms with Gasteiger partial charge in [-0.15, -0.1) is 0 Å². The van der Waals surface area contributed by atoms with Gasteiger partial charge in [0, 0.05) is 6.92 Å². The van der Waals surface area contributed by atoms with E-state index in [0.29, 0.717) is 0 Å². The van der Waals surface area contributed by atoms with Crippen LogP contribution in [0.4, 0.5) is 48.3 Å². The maximum Gasteiger partial charge on any atom is 0.422 e. The highest BCUT2D eigenvalue weighted by Gasteiger charge is 2.63. The number of alkyl halides is 10. The summed E-state index contributed by atoms with van der Waals surface area (Å²) in [5, 5.41) is 0. The highest BCUT2D eigenvalue weighted by atomic mass is 19.3. The van der Waals surface area contributed by atoms with Crippen LogP contribution in [0, 0.1) is 0 Å². The third-order valence-corrected chi connectivity index (χ3v) is 2.09. The van der Waals surface area contributed by atoms with Crippen molar-refractivity contribution in [2.24, 2.45) is 0 Å². The lowest BCUT2D eigenvalue weighted by Crippen LogP contribution is -2.51. The van der Waals surface area contributed by atoms with Crippen molar-refractivity contribution in [2.75, 3.05) is 13.2 Å². The summed E-state index contributed by atoms with van der Waals surface area (Å²) in [6.07, 6.45) is -11.5. The zero-order valence-corrected chi connectivity index (χ0v) is 10.8. The topological polar surface area (TPSA) is 35.5 Å². The molecular formula is C9H7F11O3. The Labute approximate surface area is 120 Å². The van der Waals surface area contributed by atoms with Crippen LogP contribution in [0.2, 0.25) is 0 Å². The Morgan fingerprint density at radius 1 is 0.783 bits per heavy atom. The average molecular weight is 372 g/mol. The SMILES string of the molecule is CC(F)(F)C(F)(F)OCC(F)(F)C(F)(F)OCC(F)(F)C(=O)F. The summed E-state index contributed by atoms with van der Waals surface area (Å²) in [6.45, 7) is -6.37. The number of hydrogen-bond acceptors (Lipinski definition) is 3. The molecule has 0 saturated heterocycles. The van der Waals surface area contributed by atoms with Crippen molar-refractivity contribution in [1.29, 1.82) is 0 Å². The molecule has 0 aliphatic carbocycles. The second kappa shape index (κ2) is 6.37. The van der Waals surface area contributed by atoms with E-state index in [1.165, 1.54) is 0 Å². The van der Waals surface area contributed by atoms with Crippen LogP contribution < -0.4 is 0 Å². The molecule has 0 spiro atoms. The van der Waals surface area contributed by atoms with Crippen LogP contribution in [-0.4, -0.2) is 49.2 Å². The van der Waals surface area contributed by atoms with E-state index < -0.39 is 56.2 Å². The highest BCUT2D eigenvalue weighted by molar-refractivity contribution is 5.76. The molecule has 0 heterocycles. The van der Waals surface area contributed by atoms with Gasteiger partial charge in [0.25, 0.3) is 0 Å². The maximum absolute atomic E-state index is 12.9.